The van der Waals surface area contributed by atoms with Gasteiger partial charge in [-0.05, 0) is 35.2 Å². The van der Waals surface area contributed by atoms with E-state index in [0.29, 0.717) is 29.7 Å². The van der Waals surface area contributed by atoms with Gasteiger partial charge in [0, 0.05) is 11.6 Å². The maximum absolute atomic E-state index is 5.20. The summed E-state index contributed by atoms with van der Waals surface area (Å²) in [4.78, 5) is 5.20. The van der Waals surface area contributed by atoms with Crippen molar-refractivity contribution < 1.29 is 0 Å². The van der Waals surface area contributed by atoms with Crippen LogP contribution in [0.4, 0.5) is 0 Å². The summed E-state index contributed by atoms with van der Waals surface area (Å²) < 4.78 is 0. The first-order chi connectivity index (χ1) is 9.98. The fourth-order valence-electron chi connectivity index (χ4n) is 2.95. The Morgan fingerprint density at radius 1 is 0.909 bits per heavy atom. The van der Waals surface area contributed by atoms with Crippen LogP contribution in [0.15, 0.2) is 16.3 Å². The molecule has 0 amide bonds. The van der Waals surface area contributed by atoms with Crippen molar-refractivity contribution in [1.29, 1.82) is 0 Å². The summed E-state index contributed by atoms with van der Waals surface area (Å²) in [6.07, 6.45) is 1.08. The fraction of sp³-hybridized carbons (Fsp3) is 0.850. The zero-order valence-electron chi connectivity index (χ0n) is 16.5. The van der Waals surface area contributed by atoms with Crippen LogP contribution in [-0.2, 0) is 0 Å². The van der Waals surface area contributed by atoms with Gasteiger partial charge in [-0.3, -0.25) is 4.99 Å². The zero-order valence-corrected chi connectivity index (χ0v) is 16.5. The molecule has 1 aliphatic rings. The highest BCUT2D eigenvalue weighted by molar-refractivity contribution is 5.86. The largest absolute Gasteiger partial charge is 0.347 e. The first-order valence-electron chi connectivity index (χ1n) is 9.06. The number of nitrogens with one attached hydrogen (secondary N) is 1. The van der Waals surface area contributed by atoms with E-state index in [4.69, 9.17) is 4.99 Å². The number of nitrogens with zero attached hydrogens (tertiary/aromatic N) is 1. The summed E-state index contributed by atoms with van der Waals surface area (Å²) in [5, 5.41) is 3.72. The predicted octanol–water partition coefficient (Wildman–Crippen LogP) is 5.65. The predicted molar refractivity (Wildman–Crippen MR) is 99.1 cm³/mol. The topological polar surface area (TPSA) is 24.4 Å². The summed E-state index contributed by atoms with van der Waals surface area (Å²) in [5.74, 6) is 3.30. The second-order valence-electron chi connectivity index (χ2n) is 8.74. The Morgan fingerprint density at radius 3 is 1.82 bits per heavy atom. The maximum Gasteiger partial charge on any atom is 0.103 e. The number of hydrogen-bond acceptors (Lipinski definition) is 2. The van der Waals surface area contributed by atoms with Crippen LogP contribution in [0.5, 0.6) is 0 Å². The lowest BCUT2D eigenvalue weighted by atomic mass is 9.72. The summed E-state index contributed by atoms with van der Waals surface area (Å²) >= 11 is 0. The SMILES string of the molecule is CC(C)C1=NC(C(C)(C)C(C)C)CC(C(C)C)=C(C(C)C)N1. The molecule has 128 valence electrons. The molecule has 2 nitrogen and oxygen atoms in total. The molecular formula is C20H38N2. The van der Waals surface area contributed by atoms with Gasteiger partial charge in [0.15, 0.2) is 0 Å². The van der Waals surface area contributed by atoms with E-state index in [9.17, 15) is 0 Å². The molecule has 0 radical (unpaired) electrons. The van der Waals surface area contributed by atoms with Gasteiger partial charge in [-0.25, -0.2) is 0 Å². The van der Waals surface area contributed by atoms with Gasteiger partial charge in [0.1, 0.15) is 5.84 Å². The van der Waals surface area contributed by atoms with E-state index in [0.717, 1.165) is 12.3 Å². The Morgan fingerprint density at radius 2 is 1.45 bits per heavy atom. The Kier molecular flexibility index (Phi) is 6.29. The third-order valence-corrected chi connectivity index (χ3v) is 5.48. The molecule has 1 atom stereocenters. The van der Waals surface area contributed by atoms with Crippen molar-refractivity contribution >= 4 is 5.84 Å². The molecule has 0 aromatic carbocycles. The second-order valence-corrected chi connectivity index (χ2v) is 8.74. The van der Waals surface area contributed by atoms with Crippen LogP contribution < -0.4 is 5.32 Å². The van der Waals surface area contributed by atoms with Gasteiger partial charge in [0.2, 0.25) is 0 Å². The molecule has 0 fully saturated rings. The molecule has 0 aromatic heterocycles. The van der Waals surface area contributed by atoms with Crippen LogP contribution >= 0.6 is 0 Å². The highest BCUT2D eigenvalue weighted by atomic mass is 15.0. The summed E-state index contributed by atoms with van der Waals surface area (Å²) in [6, 6.07) is 0.353. The Labute approximate surface area is 138 Å². The lowest BCUT2D eigenvalue weighted by molar-refractivity contribution is 0.193. The van der Waals surface area contributed by atoms with E-state index in [2.05, 4.69) is 74.6 Å². The van der Waals surface area contributed by atoms with Crippen molar-refractivity contribution in [3.05, 3.63) is 11.3 Å². The van der Waals surface area contributed by atoms with Crippen molar-refractivity contribution in [3.63, 3.8) is 0 Å². The summed E-state index contributed by atoms with van der Waals surface area (Å²) in [5.41, 5.74) is 3.17. The van der Waals surface area contributed by atoms with E-state index >= 15 is 0 Å². The van der Waals surface area contributed by atoms with Crippen molar-refractivity contribution in [2.45, 2.75) is 81.7 Å². The molecule has 0 saturated carbocycles. The van der Waals surface area contributed by atoms with Crippen LogP contribution in [0.2, 0.25) is 0 Å². The lowest BCUT2D eigenvalue weighted by Gasteiger charge is -2.36. The molecule has 1 aliphatic heterocycles. The quantitative estimate of drug-likeness (QED) is 0.697. The van der Waals surface area contributed by atoms with Gasteiger partial charge in [-0.2, -0.15) is 0 Å². The van der Waals surface area contributed by atoms with E-state index < -0.39 is 0 Å². The Hall–Kier alpha value is -0.790. The van der Waals surface area contributed by atoms with E-state index in [1.165, 1.54) is 5.70 Å². The fourth-order valence-corrected chi connectivity index (χ4v) is 2.95. The van der Waals surface area contributed by atoms with Crippen molar-refractivity contribution in [2.24, 2.45) is 34.1 Å². The van der Waals surface area contributed by atoms with Gasteiger partial charge in [-0.1, -0.05) is 69.2 Å². The van der Waals surface area contributed by atoms with Gasteiger partial charge >= 0.3 is 0 Å². The minimum atomic E-state index is 0.203. The van der Waals surface area contributed by atoms with Gasteiger partial charge in [0.25, 0.3) is 0 Å². The van der Waals surface area contributed by atoms with Crippen molar-refractivity contribution in [3.8, 4) is 0 Å². The van der Waals surface area contributed by atoms with Crippen LogP contribution in [-0.4, -0.2) is 11.9 Å². The zero-order chi connectivity index (χ0) is 17.2. The second kappa shape index (κ2) is 7.19. The van der Waals surface area contributed by atoms with Crippen molar-refractivity contribution in [2.75, 3.05) is 0 Å². The minimum Gasteiger partial charge on any atom is -0.347 e. The number of rotatable bonds is 5. The minimum absolute atomic E-state index is 0.203. The maximum atomic E-state index is 5.20. The van der Waals surface area contributed by atoms with Gasteiger partial charge in [0.05, 0.1) is 6.04 Å². The summed E-state index contributed by atoms with van der Waals surface area (Å²) in [6.45, 7) is 23.1. The molecule has 0 bridgehead atoms. The first kappa shape index (κ1) is 19.3. The van der Waals surface area contributed by atoms with Crippen molar-refractivity contribution in [1.82, 2.24) is 5.32 Å². The molecule has 1 rings (SSSR count). The molecule has 0 aliphatic carbocycles. The summed E-state index contributed by atoms with van der Waals surface area (Å²) in [7, 11) is 0. The number of aliphatic imine (C=N–C) groups is 1. The molecule has 1 unspecified atom stereocenters. The highest BCUT2D eigenvalue weighted by Gasteiger charge is 2.36. The Balaban J connectivity index is 3.39. The average molecular weight is 307 g/mol. The number of amidine groups is 1. The molecule has 1 N–H and O–H groups in total. The van der Waals surface area contributed by atoms with E-state index in [-0.39, 0.29) is 5.41 Å². The molecule has 0 spiro atoms. The Bertz CT molecular complexity index is 437. The monoisotopic (exact) mass is 306 g/mol. The normalized spacial score (nSPS) is 20.8. The van der Waals surface area contributed by atoms with Gasteiger partial charge in [-0.15, -0.1) is 0 Å². The molecule has 0 saturated heterocycles. The highest BCUT2D eigenvalue weighted by Crippen LogP contribution is 2.39. The molecule has 1 heterocycles. The van der Waals surface area contributed by atoms with Crippen LogP contribution in [0, 0.1) is 29.1 Å². The smallest absolute Gasteiger partial charge is 0.103 e. The third-order valence-electron chi connectivity index (χ3n) is 5.48. The number of allylic oxidation sites excluding steroid dienone is 1. The van der Waals surface area contributed by atoms with Crippen LogP contribution in [0.25, 0.3) is 0 Å². The lowest BCUT2D eigenvalue weighted by Crippen LogP contribution is -2.35. The standard InChI is InChI=1S/C20H38N2/c1-12(2)16-11-17(20(9,10)15(7)8)21-19(14(5)6)22-18(16)13(3)4/h12-15,17H,11H2,1-10H3,(H,21,22). The van der Waals surface area contributed by atoms with E-state index in [1.54, 1.807) is 5.57 Å². The van der Waals surface area contributed by atoms with Gasteiger partial charge < -0.3 is 5.32 Å². The molecular weight excluding hydrogens is 268 g/mol. The van der Waals surface area contributed by atoms with Crippen LogP contribution in [0.3, 0.4) is 0 Å². The van der Waals surface area contributed by atoms with E-state index in [1.807, 2.05) is 0 Å². The average Bonchev–Trinajstić information content (AvgIpc) is 2.58. The third kappa shape index (κ3) is 4.14. The van der Waals surface area contributed by atoms with Crippen LogP contribution in [0.1, 0.15) is 75.7 Å². The first-order valence-corrected chi connectivity index (χ1v) is 9.06. The molecule has 2 heteroatoms. The number of hydrogen-bond donors (Lipinski definition) is 1. The molecule has 0 aromatic rings. The molecule has 22 heavy (non-hydrogen) atoms.